The fourth-order valence-electron chi connectivity index (χ4n) is 2.74. The quantitative estimate of drug-likeness (QED) is 0.833. The summed E-state index contributed by atoms with van der Waals surface area (Å²) in [6, 6.07) is 14.1. The third-order valence-corrected chi connectivity index (χ3v) is 3.58. The van der Waals surface area contributed by atoms with E-state index in [1.807, 2.05) is 31.2 Å². The van der Waals surface area contributed by atoms with Gasteiger partial charge in [0.2, 0.25) is 5.91 Å². The number of nitrogen functional groups attached to an aromatic ring is 1. The molecular weight excluding hydrogens is 272 g/mol. The third-order valence-electron chi connectivity index (χ3n) is 3.58. The number of carbonyl (C=O) groups is 1. The standard InChI is InChI=1S/C19H24N2O/c1-13-8-14(2)10-17(9-13)11-15(3)21-19(22)12-16-4-6-18(20)7-5-16/h4-10,15H,11-12,20H2,1-3H3,(H,21,22). The van der Waals surface area contributed by atoms with Gasteiger partial charge in [-0.05, 0) is 50.5 Å². The van der Waals surface area contributed by atoms with E-state index in [0.29, 0.717) is 12.1 Å². The van der Waals surface area contributed by atoms with Crippen molar-refractivity contribution in [2.45, 2.75) is 39.7 Å². The highest BCUT2D eigenvalue weighted by Crippen LogP contribution is 2.11. The first-order valence-electron chi connectivity index (χ1n) is 7.63. The number of nitrogens with two attached hydrogens (primary N) is 1. The molecule has 0 fully saturated rings. The van der Waals surface area contributed by atoms with E-state index in [4.69, 9.17) is 5.73 Å². The van der Waals surface area contributed by atoms with Crippen molar-refractivity contribution >= 4 is 11.6 Å². The van der Waals surface area contributed by atoms with E-state index >= 15 is 0 Å². The molecule has 2 aromatic rings. The minimum atomic E-state index is 0.0432. The van der Waals surface area contributed by atoms with Crippen molar-refractivity contribution in [3.05, 3.63) is 64.7 Å². The summed E-state index contributed by atoms with van der Waals surface area (Å²) in [4.78, 5) is 12.1. The fourth-order valence-corrected chi connectivity index (χ4v) is 2.74. The Morgan fingerprint density at radius 2 is 1.64 bits per heavy atom. The summed E-state index contributed by atoms with van der Waals surface area (Å²) < 4.78 is 0. The Hall–Kier alpha value is -2.29. The highest BCUT2D eigenvalue weighted by molar-refractivity contribution is 5.79. The molecule has 2 aromatic carbocycles. The second kappa shape index (κ2) is 7.12. The van der Waals surface area contributed by atoms with Gasteiger partial charge in [-0.15, -0.1) is 0 Å². The summed E-state index contributed by atoms with van der Waals surface area (Å²) in [5, 5.41) is 3.06. The van der Waals surface area contributed by atoms with Gasteiger partial charge in [0.25, 0.3) is 0 Å². The van der Waals surface area contributed by atoms with Gasteiger partial charge in [0.1, 0.15) is 0 Å². The first kappa shape index (κ1) is 16.1. The predicted octanol–water partition coefficient (Wildman–Crippen LogP) is 3.18. The van der Waals surface area contributed by atoms with Crippen LogP contribution < -0.4 is 11.1 Å². The van der Waals surface area contributed by atoms with Gasteiger partial charge in [-0.2, -0.15) is 0 Å². The average molecular weight is 296 g/mol. The van der Waals surface area contributed by atoms with Crippen LogP contribution in [-0.4, -0.2) is 11.9 Å². The second-order valence-electron chi connectivity index (χ2n) is 6.09. The Balaban J connectivity index is 1.89. The molecule has 3 N–H and O–H groups in total. The maximum atomic E-state index is 12.1. The number of hydrogen-bond acceptors (Lipinski definition) is 2. The summed E-state index contributed by atoms with van der Waals surface area (Å²) in [7, 11) is 0. The van der Waals surface area contributed by atoms with Crippen LogP contribution in [0.5, 0.6) is 0 Å². The molecule has 116 valence electrons. The van der Waals surface area contributed by atoms with Gasteiger partial charge in [0.15, 0.2) is 0 Å². The summed E-state index contributed by atoms with van der Waals surface area (Å²) >= 11 is 0. The predicted molar refractivity (Wildman–Crippen MR) is 91.8 cm³/mol. The number of amides is 1. The van der Waals surface area contributed by atoms with E-state index in [0.717, 1.165) is 12.0 Å². The Labute approximate surface area is 132 Å². The van der Waals surface area contributed by atoms with Crippen LogP contribution in [0.2, 0.25) is 0 Å². The molecule has 0 saturated heterocycles. The zero-order chi connectivity index (χ0) is 16.1. The second-order valence-corrected chi connectivity index (χ2v) is 6.09. The number of hydrogen-bond donors (Lipinski definition) is 2. The van der Waals surface area contributed by atoms with Crippen LogP contribution in [0.4, 0.5) is 5.69 Å². The maximum Gasteiger partial charge on any atom is 0.224 e. The topological polar surface area (TPSA) is 55.1 Å². The number of anilines is 1. The van der Waals surface area contributed by atoms with E-state index in [2.05, 4.69) is 37.4 Å². The van der Waals surface area contributed by atoms with E-state index in [9.17, 15) is 4.79 Å². The normalized spacial score (nSPS) is 12.0. The van der Waals surface area contributed by atoms with Crippen molar-refractivity contribution < 1.29 is 4.79 Å². The summed E-state index contributed by atoms with van der Waals surface area (Å²) in [6.07, 6.45) is 1.23. The minimum Gasteiger partial charge on any atom is -0.399 e. The first-order chi connectivity index (χ1) is 10.4. The Kier molecular flexibility index (Phi) is 5.21. The average Bonchev–Trinajstić information content (AvgIpc) is 2.39. The molecule has 1 unspecified atom stereocenters. The zero-order valence-electron chi connectivity index (χ0n) is 13.5. The van der Waals surface area contributed by atoms with Gasteiger partial charge >= 0.3 is 0 Å². The highest BCUT2D eigenvalue weighted by atomic mass is 16.1. The number of aryl methyl sites for hydroxylation is 2. The maximum absolute atomic E-state index is 12.1. The van der Waals surface area contributed by atoms with Gasteiger partial charge in [0.05, 0.1) is 6.42 Å². The Bertz CT molecular complexity index is 627. The minimum absolute atomic E-state index is 0.0432. The van der Waals surface area contributed by atoms with Crippen LogP contribution >= 0.6 is 0 Å². The Morgan fingerprint density at radius 3 is 2.23 bits per heavy atom. The zero-order valence-corrected chi connectivity index (χ0v) is 13.5. The van der Waals surface area contributed by atoms with Gasteiger partial charge in [0, 0.05) is 11.7 Å². The molecule has 0 aromatic heterocycles. The molecule has 0 saturated carbocycles. The van der Waals surface area contributed by atoms with Crippen molar-refractivity contribution in [3.63, 3.8) is 0 Å². The molecule has 0 spiro atoms. The first-order valence-corrected chi connectivity index (χ1v) is 7.63. The van der Waals surface area contributed by atoms with Gasteiger partial charge in [-0.1, -0.05) is 41.5 Å². The monoisotopic (exact) mass is 296 g/mol. The van der Waals surface area contributed by atoms with E-state index in [1.165, 1.54) is 16.7 Å². The molecule has 0 aliphatic heterocycles. The smallest absolute Gasteiger partial charge is 0.224 e. The molecule has 1 atom stereocenters. The lowest BCUT2D eigenvalue weighted by Gasteiger charge is -2.15. The lowest BCUT2D eigenvalue weighted by molar-refractivity contribution is -0.121. The van der Waals surface area contributed by atoms with Crippen LogP contribution in [0, 0.1) is 13.8 Å². The van der Waals surface area contributed by atoms with Crippen LogP contribution in [-0.2, 0) is 17.6 Å². The molecule has 1 amide bonds. The van der Waals surface area contributed by atoms with Crippen LogP contribution in [0.15, 0.2) is 42.5 Å². The number of nitrogens with one attached hydrogen (secondary N) is 1. The Morgan fingerprint density at radius 1 is 1.05 bits per heavy atom. The number of benzene rings is 2. The highest BCUT2D eigenvalue weighted by Gasteiger charge is 2.09. The van der Waals surface area contributed by atoms with Crippen LogP contribution in [0.3, 0.4) is 0 Å². The molecule has 22 heavy (non-hydrogen) atoms. The van der Waals surface area contributed by atoms with Crippen molar-refractivity contribution in [1.82, 2.24) is 5.32 Å². The van der Waals surface area contributed by atoms with Crippen molar-refractivity contribution in [2.24, 2.45) is 0 Å². The van der Waals surface area contributed by atoms with Crippen LogP contribution in [0.1, 0.15) is 29.2 Å². The van der Waals surface area contributed by atoms with E-state index < -0.39 is 0 Å². The third kappa shape index (κ3) is 4.92. The summed E-state index contributed by atoms with van der Waals surface area (Å²) in [5.41, 5.74) is 11.1. The largest absolute Gasteiger partial charge is 0.399 e. The lowest BCUT2D eigenvalue weighted by Crippen LogP contribution is -2.35. The SMILES string of the molecule is Cc1cc(C)cc(CC(C)NC(=O)Cc2ccc(N)cc2)c1. The van der Waals surface area contributed by atoms with Gasteiger partial charge in [-0.3, -0.25) is 4.79 Å². The molecule has 3 heteroatoms. The molecule has 0 aliphatic rings. The van der Waals surface area contributed by atoms with Crippen molar-refractivity contribution in [2.75, 3.05) is 5.73 Å². The van der Waals surface area contributed by atoms with Gasteiger partial charge < -0.3 is 11.1 Å². The van der Waals surface area contributed by atoms with E-state index in [-0.39, 0.29) is 11.9 Å². The van der Waals surface area contributed by atoms with E-state index in [1.54, 1.807) is 0 Å². The van der Waals surface area contributed by atoms with Crippen molar-refractivity contribution in [1.29, 1.82) is 0 Å². The number of rotatable bonds is 5. The molecule has 3 nitrogen and oxygen atoms in total. The summed E-state index contributed by atoms with van der Waals surface area (Å²) in [5.74, 6) is 0.0432. The number of carbonyl (C=O) groups excluding carboxylic acids is 1. The summed E-state index contributed by atoms with van der Waals surface area (Å²) in [6.45, 7) is 6.24. The van der Waals surface area contributed by atoms with Gasteiger partial charge in [-0.25, -0.2) is 0 Å². The molecule has 0 radical (unpaired) electrons. The lowest BCUT2D eigenvalue weighted by atomic mass is 10.0. The molecule has 0 heterocycles. The fraction of sp³-hybridized carbons (Fsp3) is 0.316. The molecule has 0 bridgehead atoms. The molecule has 2 rings (SSSR count). The van der Waals surface area contributed by atoms with Crippen LogP contribution in [0.25, 0.3) is 0 Å². The van der Waals surface area contributed by atoms with Crippen molar-refractivity contribution in [3.8, 4) is 0 Å². The molecular formula is C19H24N2O. The molecule has 0 aliphatic carbocycles.